The van der Waals surface area contributed by atoms with Crippen LogP contribution in [0.4, 0.5) is 0 Å². The summed E-state index contributed by atoms with van der Waals surface area (Å²) in [5, 5.41) is 12.9. The van der Waals surface area contributed by atoms with Gasteiger partial charge in [0.25, 0.3) is 0 Å². The summed E-state index contributed by atoms with van der Waals surface area (Å²) in [6.45, 7) is 16.5. The van der Waals surface area contributed by atoms with E-state index in [2.05, 4.69) is 39.9 Å². The minimum Gasteiger partial charge on any atom is -0.389 e. The topological polar surface area (TPSA) is 32.3 Å². The lowest BCUT2D eigenvalue weighted by atomic mass is 9.69. The standard InChI is InChI=1S/C12H27NO/c1-10(2,3)11(4,5)8-13-9-12(6,7)14/h13-14H,8-9H2,1-7H3. The van der Waals surface area contributed by atoms with Crippen LogP contribution in [0.2, 0.25) is 0 Å². The first kappa shape index (κ1) is 13.9. The van der Waals surface area contributed by atoms with Crippen molar-refractivity contribution in [1.82, 2.24) is 5.32 Å². The zero-order valence-electron chi connectivity index (χ0n) is 10.9. The molecule has 86 valence electrons. The van der Waals surface area contributed by atoms with Gasteiger partial charge in [0.1, 0.15) is 0 Å². The molecule has 0 aromatic rings. The van der Waals surface area contributed by atoms with E-state index in [0.717, 1.165) is 6.54 Å². The molecule has 2 nitrogen and oxygen atoms in total. The molecule has 2 N–H and O–H groups in total. The van der Waals surface area contributed by atoms with Crippen molar-refractivity contribution in [2.75, 3.05) is 13.1 Å². The lowest BCUT2D eigenvalue weighted by Crippen LogP contribution is -2.44. The predicted octanol–water partition coefficient (Wildman–Crippen LogP) is 2.42. The van der Waals surface area contributed by atoms with E-state index in [4.69, 9.17) is 0 Å². The second-order valence-corrected chi connectivity index (χ2v) is 6.55. The smallest absolute Gasteiger partial charge is 0.0715 e. The average Bonchev–Trinajstić information content (AvgIpc) is 1.80. The molecular weight excluding hydrogens is 174 g/mol. The van der Waals surface area contributed by atoms with Gasteiger partial charge in [0.2, 0.25) is 0 Å². The van der Waals surface area contributed by atoms with Crippen molar-refractivity contribution in [2.24, 2.45) is 10.8 Å². The van der Waals surface area contributed by atoms with Crippen LogP contribution in [0.1, 0.15) is 48.5 Å². The van der Waals surface area contributed by atoms with Gasteiger partial charge in [-0.3, -0.25) is 0 Å². The van der Waals surface area contributed by atoms with Crippen molar-refractivity contribution in [3.8, 4) is 0 Å². The zero-order valence-corrected chi connectivity index (χ0v) is 10.9. The highest BCUT2D eigenvalue weighted by atomic mass is 16.3. The Hall–Kier alpha value is -0.0800. The summed E-state index contributed by atoms with van der Waals surface area (Å²) in [5.74, 6) is 0. The SMILES string of the molecule is CC(C)(O)CNCC(C)(C)C(C)(C)C. The molecule has 0 bridgehead atoms. The molecule has 0 amide bonds. The largest absolute Gasteiger partial charge is 0.389 e. The first-order chi connectivity index (χ1) is 5.96. The summed E-state index contributed by atoms with van der Waals surface area (Å²) in [5.41, 5.74) is -0.105. The van der Waals surface area contributed by atoms with Crippen LogP contribution in [0.25, 0.3) is 0 Å². The van der Waals surface area contributed by atoms with E-state index in [9.17, 15) is 5.11 Å². The van der Waals surface area contributed by atoms with Gasteiger partial charge >= 0.3 is 0 Å². The van der Waals surface area contributed by atoms with E-state index in [1.807, 2.05) is 13.8 Å². The Kier molecular flexibility index (Phi) is 4.17. The van der Waals surface area contributed by atoms with Crippen molar-refractivity contribution in [1.29, 1.82) is 0 Å². The summed E-state index contributed by atoms with van der Waals surface area (Å²) in [6.07, 6.45) is 0. The van der Waals surface area contributed by atoms with Gasteiger partial charge in [-0.2, -0.15) is 0 Å². The van der Waals surface area contributed by atoms with Gasteiger partial charge in [0, 0.05) is 13.1 Å². The van der Waals surface area contributed by atoms with Gasteiger partial charge in [-0.05, 0) is 24.7 Å². The molecule has 0 aliphatic heterocycles. The van der Waals surface area contributed by atoms with Crippen LogP contribution < -0.4 is 5.32 Å². The highest BCUT2D eigenvalue weighted by molar-refractivity contribution is 4.85. The second-order valence-electron chi connectivity index (χ2n) is 6.55. The van der Waals surface area contributed by atoms with E-state index in [1.54, 1.807) is 0 Å². The molecule has 2 heteroatoms. The fraction of sp³-hybridized carbons (Fsp3) is 1.00. The molecule has 0 unspecified atom stereocenters. The Morgan fingerprint density at radius 1 is 0.857 bits per heavy atom. The van der Waals surface area contributed by atoms with Gasteiger partial charge in [-0.15, -0.1) is 0 Å². The molecule has 14 heavy (non-hydrogen) atoms. The maximum atomic E-state index is 9.55. The maximum Gasteiger partial charge on any atom is 0.0715 e. The number of nitrogens with one attached hydrogen (secondary N) is 1. The van der Waals surface area contributed by atoms with E-state index >= 15 is 0 Å². The molecule has 0 aliphatic carbocycles. The van der Waals surface area contributed by atoms with Crippen LogP contribution in [-0.2, 0) is 0 Å². The fourth-order valence-corrected chi connectivity index (χ4v) is 0.946. The lowest BCUT2D eigenvalue weighted by molar-refractivity contribution is 0.0666. The van der Waals surface area contributed by atoms with E-state index in [1.165, 1.54) is 0 Å². The molecule has 0 spiro atoms. The Bertz CT molecular complexity index is 172. The highest BCUT2D eigenvalue weighted by Gasteiger charge is 2.32. The third kappa shape index (κ3) is 4.97. The number of aliphatic hydroxyl groups is 1. The average molecular weight is 201 g/mol. The first-order valence-corrected chi connectivity index (χ1v) is 5.39. The number of rotatable bonds is 4. The Morgan fingerprint density at radius 2 is 1.29 bits per heavy atom. The molecule has 0 saturated heterocycles. The Morgan fingerprint density at radius 3 is 1.57 bits per heavy atom. The van der Waals surface area contributed by atoms with Crippen molar-refractivity contribution in [3.05, 3.63) is 0 Å². The molecule has 0 fully saturated rings. The normalized spacial score (nSPS) is 14.6. The van der Waals surface area contributed by atoms with Crippen molar-refractivity contribution < 1.29 is 5.11 Å². The summed E-state index contributed by atoms with van der Waals surface area (Å²) in [4.78, 5) is 0. The van der Waals surface area contributed by atoms with Crippen LogP contribution >= 0.6 is 0 Å². The van der Waals surface area contributed by atoms with Crippen molar-refractivity contribution >= 4 is 0 Å². The van der Waals surface area contributed by atoms with Crippen LogP contribution in [-0.4, -0.2) is 23.8 Å². The van der Waals surface area contributed by atoms with Gasteiger partial charge < -0.3 is 10.4 Å². The molecule has 0 aromatic carbocycles. The summed E-state index contributed by atoms with van der Waals surface area (Å²) in [7, 11) is 0. The minimum atomic E-state index is -0.617. The minimum absolute atomic E-state index is 0.234. The van der Waals surface area contributed by atoms with Crippen LogP contribution in [0, 0.1) is 10.8 Å². The fourth-order valence-electron chi connectivity index (χ4n) is 0.946. The van der Waals surface area contributed by atoms with Gasteiger partial charge in [0.05, 0.1) is 5.60 Å². The Balaban J connectivity index is 4.02. The van der Waals surface area contributed by atoms with Crippen LogP contribution in [0.3, 0.4) is 0 Å². The van der Waals surface area contributed by atoms with Crippen molar-refractivity contribution in [3.63, 3.8) is 0 Å². The highest BCUT2D eigenvalue weighted by Crippen LogP contribution is 2.36. The molecule has 0 saturated carbocycles. The molecule has 0 aliphatic rings. The van der Waals surface area contributed by atoms with Gasteiger partial charge in [-0.25, -0.2) is 0 Å². The lowest BCUT2D eigenvalue weighted by Gasteiger charge is -2.39. The molecule has 0 heterocycles. The number of hydrogen-bond donors (Lipinski definition) is 2. The molecular formula is C12H27NO. The predicted molar refractivity (Wildman–Crippen MR) is 62.4 cm³/mol. The monoisotopic (exact) mass is 201 g/mol. The summed E-state index contributed by atoms with van der Waals surface area (Å²) in [6, 6.07) is 0. The molecule has 0 aromatic heterocycles. The maximum absolute atomic E-state index is 9.55. The molecule has 0 radical (unpaired) electrons. The molecule has 0 rings (SSSR count). The van der Waals surface area contributed by atoms with E-state index < -0.39 is 5.60 Å². The first-order valence-electron chi connectivity index (χ1n) is 5.39. The zero-order chi connectivity index (χ0) is 11.6. The number of hydrogen-bond acceptors (Lipinski definition) is 2. The van der Waals surface area contributed by atoms with Crippen molar-refractivity contribution in [2.45, 2.75) is 54.1 Å². The summed E-state index contributed by atoms with van der Waals surface area (Å²) < 4.78 is 0. The second kappa shape index (κ2) is 4.19. The Labute approximate surface area is 89.1 Å². The third-order valence-corrected chi connectivity index (χ3v) is 3.15. The molecule has 0 atom stereocenters. The van der Waals surface area contributed by atoms with Gasteiger partial charge in [0.15, 0.2) is 0 Å². The van der Waals surface area contributed by atoms with Crippen LogP contribution in [0.15, 0.2) is 0 Å². The quantitative estimate of drug-likeness (QED) is 0.732. The van der Waals surface area contributed by atoms with E-state index in [0.29, 0.717) is 6.54 Å². The van der Waals surface area contributed by atoms with E-state index in [-0.39, 0.29) is 10.8 Å². The van der Waals surface area contributed by atoms with Crippen LogP contribution in [0.5, 0.6) is 0 Å². The third-order valence-electron chi connectivity index (χ3n) is 3.15. The van der Waals surface area contributed by atoms with Gasteiger partial charge in [-0.1, -0.05) is 34.6 Å². The summed E-state index contributed by atoms with van der Waals surface area (Å²) >= 11 is 0.